The van der Waals surface area contributed by atoms with Crippen LogP contribution in [-0.4, -0.2) is 27.1 Å². The summed E-state index contributed by atoms with van der Waals surface area (Å²) in [4.78, 5) is 11.9. The summed E-state index contributed by atoms with van der Waals surface area (Å²) in [6.07, 6.45) is 4.52. The van der Waals surface area contributed by atoms with Gasteiger partial charge in [-0.05, 0) is 42.0 Å². The Kier molecular flexibility index (Phi) is 4.19. The minimum absolute atomic E-state index is 0.106. The Balaban J connectivity index is 1.68. The van der Waals surface area contributed by atoms with E-state index in [1.54, 1.807) is 36.5 Å². The van der Waals surface area contributed by atoms with Gasteiger partial charge in [0, 0.05) is 0 Å². The number of ether oxygens (including phenoxy) is 1. The van der Waals surface area contributed by atoms with Crippen LogP contribution in [0.5, 0.6) is 5.75 Å². The molecule has 23 heavy (non-hydrogen) atoms. The quantitative estimate of drug-likeness (QED) is 0.422. The van der Waals surface area contributed by atoms with Gasteiger partial charge in [-0.1, -0.05) is 12.1 Å². The van der Waals surface area contributed by atoms with Crippen LogP contribution < -0.4 is 4.74 Å². The number of carbonyl (C=O) groups is 1. The summed E-state index contributed by atoms with van der Waals surface area (Å²) in [6, 6.07) is 12.3. The summed E-state index contributed by atoms with van der Waals surface area (Å²) in [5.41, 5.74) is 0.690. The van der Waals surface area contributed by atoms with Gasteiger partial charge in [0.1, 0.15) is 24.2 Å². The second-order valence-electron chi connectivity index (χ2n) is 4.52. The largest absolute Gasteiger partial charge is 0.423 e. The van der Waals surface area contributed by atoms with Crippen molar-refractivity contribution >= 4 is 12.2 Å². The van der Waals surface area contributed by atoms with Gasteiger partial charge in [0.25, 0.3) is 0 Å². The predicted molar refractivity (Wildman–Crippen MR) is 80.8 cm³/mol. The van der Waals surface area contributed by atoms with Gasteiger partial charge in [0.05, 0.1) is 11.8 Å². The van der Waals surface area contributed by atoms with Crippen LogP contribution in [0.1, 0.15) is 15.9 Å². The van der Waals surface area contributed by atoms with Crippen molar-refractivity contribution in [2.75, 3.05) is 0 Å². The van der Waals surface area contributed by atoms with Gasteiger partial charge in [-0.25, -0.2) is 13.9 Å². The van der Waals surface area contributed by atoms with Crippen LogP contribution in [0.3, 0.4) is 0 Å². The van der Waals surface area contributed by atoms with E-state index in [-0.39, 0.29) is 5.56 Å². The molecule has 0 aliphatic heterocycles. The standard InChI is InChI=1S/C16H11FN4O2/c17-15-4-2-1-3-14(15)16(22)23-13-7-5-12(6-8-13)9-20-21-10-18-19-11-21/h1-11H. The molecule has 0 radical (unpaired) electrons. The van der Waals surface area contributed by atoms with Crippen molar-refractivity contribution in [2.45, 2.75) is 0 Å². The van der Waals surface area contributed by atoms with Gasteiger partial charge in [-0.3, -0.25) is 0 Å². The molecule has 0 fully saturated rings. The number of carbonyl (C=O) groups excluding carboxylic acids is 1. The van der Waals surface area contributed by atoms with Gasteiger partial charge in [-0.2, -0.15) is 5.10 Å². The molecule has 0 aliphatic carbocycles. The molecule has 0 atom stereocenters. The van der Waals surface area contributed by atoms with E-state index in [1.165, 1.54) is 35.5 Å². The molecule has 6 nitrogen and oxygen atoms in total. The van der Waals surface area contributed by atoms with E-state index >= 15 is 0 Å². The molecule has 0 saturated heterocycles. The normalized spacial score (nSPS) is 10.8. The highest BCUT2D eigenvalue weighted by Gasteiger charge is 2.12. The van der Waals surface area contributed by atoms with E-state index in [9.17, 15) is 9.18 Å². The van der Waals surface area contributed by atoms with Crippen LogP contribution in [0.2, 0.25) is 0 Å². The number of halogens is 1. The van der Waals surface area contributed by atoms with Gasteiger partial charge in [0.2, 0.25) is 0 Å². The minimum atomic E-state index is -0.742. The third-order valence-corrected chi connectivity index (χ3v) is 2.93. The van der Waals surface area contributed by atoms with Gasteiger partial charge in [-0.15, -0.1) is 10.2 Å². The number of hydrogen-bond acceptors (Lipinski definition) is 5. The van der Waals surface area contributed by atoms with Crippen LogP contribution in [-0.2, 0) is 0 Å². The SMILES string of the molecule is O=C(Oc1ccc(C=Nn2cnnc2)cc1)c1ccccc1F. The first kappa shape index (κ1) is 14.6. The fourth-order valence-corrected chi connectivity index (χ4v) is 1.80. The Morgan fingerprint density at radius 1 is 1.09 bits per heavy atom. The van der Waals surface area contributed by atoms with Crippen LogP contribution >= 0.6 is 0 Å². The molecule has 114 valence electrons. The highest BCUT2D eigenvalue weighted by molar-refractivity contribution is 5.91. The summed E-state index contributed by atoms with van der Waals surface area (Å²) in [6.45, 7) is 0. The van der Waals surface area contributed by atoms with Crippen molar-refractivity contribution in [3.63, 3.8) is 0 Å². The Labute approximate surface area is 130 Å². The molecular weight excluding hydrogens is 299 g/mol. The van der Waals surface area contributed by atoms with Gasteiger partial charge < -0.3 is 4.74 Å². The molecule has 2 aromatic carbocycles. The zero-order chi connectivity index (χ0) is 16.1. The monoisotopic (exact) mass is 310 g/mol. The molecule has 0 saturated carbocycles. The number of nitrogens with zero attached hydrogens (tertiary/aromatic N) is 4. The van der Waals surface area contributed by atoms with E-state index in [1.807, 2.05) is 0 Å². The Bertz CT molecular complexity index is 830. The first-order valence-corrected chi connectivity index (χ1v) is 6.68. The van der Waals surface area contributed by atoms with Crippen molar-refractivity contribution in [2.24, 2.45) is 5.10 Å². The van der Waals surface area contributed by atoms with E-state index in [4.69, 9.17) is 4.74 Å². The second-order valence-corrected chi connectivity index (χ2v) is 4.52. The molecule has 0 N–H and O–H groups in total. The van der Waals surface area contributed by atoms with E-state index in [0.29, 0.717) is 5.75 Å². The van der Waals surface area contributed by atoms with Crippen molar-refractivity contribution in [1.29, 1.82) is 0 Å². The molecule has 0 bridgehead atoms. The maximum atomic E-state index is 13.5. The number of rotatable bonds is 4. The lowest BCUT2D eigenvalue weighted by atomic mass is 10.2. The molecule has 3 rings (SSSR count). The maximum Gasteiger partial charge on any atom is 0.346 e. The summed E-state index contributed by atoms with van der Waals surface area (Å²) in [5.74, 6) is -1.04. The Morgan fingerprint density at radius 2 is 1.78 bits per heavy atom. The average molecular weight is 310 g/mol. The first-order valence-electron chi connectivity index (χ1n) is 6.68. The second kappa shape index (κ2) is 6.61. The fourth-order valence-electron chi connectivity index (χ4n) is 1.80. The molecule has 0 spiro atoms. The Morgan fingerprint density at radius 3 is 2.48 bits per heavy atom. The van der Waals surface area contributed by atoms with Crippen molar-refractivity contribution in [3.8, 4) is 5.75 Å². The molecule has 0 unspecified atom stereocenters. The topological polar surface area (TPSA) is 69.4 Å². The van der Waals surface area contributed by atoms with E-state index in [2.05, 4.69) is 15.3 Å². The van der Waals surface area contributed by atoms with Crippen LogP contribution in [0, 0.1) is 5.82 Å². The lowest BCUT2D eigenvalue weighted by molar-refractivity contribution is 0.0730. The first-order chi connectivity index (χ1) is 11.2. The highest BCUT2D eigenvalue weighted by Crippen LogP contribution is 2.15. The summed E-state index contributed by atoms with van der Waals surface area (Å²) in [5, 5.41) is 11.4. The average Bonchev–Trinajstić information content (AvgIpc) is 3.08. The van der Waals surface area contributed by atoms with E-state index in [0.717, 1.165) is 5.56 Å². The number of benzene rings is 2. The van der Waals surface area contributed by atoms with Crippen LogP contribution in [0.15, 0.2) is 66.3 Å². The molecule has 0 aliphatic rings. The van der Waals surface area contributed by atoms with Crippen LogP contribution in [0.25, 0.3) is 0 Å². The highest BCUT2D eigenvalue weighted by atomic mass is 19.1. The molecule has 1 aromatic heterocycles. The summed E-state index contributed by atoms with van der Waals surface area (Å²) >= 11 is 0. The molecule has 0 amide bonds. The van der Waals surface area contributed by atoms with Crippen molar-refractivity contribution in [3.05, 3.63) is 78.1 Å². The fraction of sp³-hybridized carbons (Fsp3) is 0. The lowest BCUT2D eigenvalue weighted by Gasteiger charge is -2.05. The maximum absolute atomic E-state index is 13.5. The Hall–Kier alpha value is -3.35. The predicted octanol–water partition coefficient (Wildman–Crippen LogP) is 2.52. The zero-order valence-electron chi connectivity index (χ0n) is 11.8. The third kappa shape index (κ3) is 3.65. The molecule has 1 heterocycles. The van der Waals surface area contributed by atoms with Crippen LogP contribution in [0.4, 0.5) is 4.39 Å². The number of hydrogen-bond donors (Lipinski definition) is 0. The van der Waals surface area contributed by atoms with Crippen molar-refractivity contribution < 1.29 is 13.9 Å². The number of esters is 1. The summed E-state index contributed by atoms with van der Waals surface area (Å²) < 4.78 is 20.1. The van der Waals surface area contributed by atoms with Gasteiger partial charge in [0.15, 0.2) is 0 Å². The summed E-state index contributed by atoms with van der Waals surface area (Å²) in [7, 11) is 0. The molecule has 7 heteroatoms. The minimum Gasteiger partial charge on any atom is -0.423 e. The zero-order valence-corrected chi connectivity index (χ0v) is 11.8. The molecular formula is C16H11FN4O2. The van der Waals surface area contributed by atoms with Crippen molar-refractivity contribution in [1.82, 2.24) is 14.9 Å². The third-order valence-electron chi connectivity index (χ3n) is 2.93. The van der Waals surface area contributed by atoms with Gasteiger partial charge >= 0.3 is 5.97 Å². The van der Waals surface area contributed by atoms with E-state index < -0.39 is 11.8 Å². The molecule has 3 aromatic rings. The number of aromatic nitrogens is 3. The smallest absolute Gasteiger partial charge is 0.346 e. The lowest BCUT2D eigenvalue weighted by Crippen LogP contribution is -2.10.